The van der Waals surface area contributed by atoms with Crippen LogP contribution in [0.1, 0.15) is 37.8 Å². The molecule has 5 heteroatoms. The average molecular weight is 299 g/mol. The van der Waals surface area contributed by atoms with E-state index in [0.717, 1.165) is 12.8 Å². The maximum Gasteiger partial charge on any atom is 0.264 e. The van der Waals surface area contributed by atoms with Gasteiger partial charge in [0.2, 0.25) is 0 Å². The second-order valence-electron chi connectivity index (χ2n) is 5.94. The van der Waals surface area contributed by atoms with Gasteiger partial charge in [-0.25, -0.2) is 0 Å². The predicted octanol–water partition coefficient (Wildman–Crippen LogP) is 2.57. The van der Waals surface area contributed by atoms with E-state index < -0.39 is 10.1 Å². The van der Waals surface area contributed by atoms with Gasteiger partial charge in [0.15, 0.2) is 0 Å². The molecule has 1 rings (SSSR count). The van der Waals surface area contributed by atoms with Crippen LogP contribution in [0.5, 0.6) is 0 Å². The third kappa shape index (κ3) is 7.62. The average Bonchev–Trinajstić information content (AvgIpc) is 2.33. The first kappa shape index (κ1) is 17.1. The van der Waals surface area contributed by atoms with Crippen LogP contribution in [0.2, 0.25) is 0 Å². The zero-order chi connectivity index (χ0) is 15.2. The number of benzene rings is 1. The number of nitrogens with one attached hydrogen (secondary N) is 1. The highest BCUT2D eigenvalue weighted by molar-refractivity contribution is 7.85. The third-order valence-electron chi connectivity index (χ3n) is 3.34. The van der Waals surface area contributed by atoms with Gasteiger partial charge in [-0.15, -0.1) is 0 Å². The van der Waals surface area contributed by atoms with Gasteiger partial charge in [-0.3, -0.25) is 4.55 Å². The van der Waals surface area contributed by atoms with E-state index in [9.17, 15) is 8.42 Å². The first-order chi connectivity index (χ1) is 9.18. The molecule has 20 heavy (non-hydrogen) atoms. The van der Waals surface area contributed by atoms with Gasteiger partial charge in [-0.2, -0.15) is 8.42 Å². The summed E-state index contributed by atoms with van der Waals surface area (Å²) >= 11 is 0. The summed E-state index contributed by atoms with van der Waals surface area (Å²) in [5.41, 5.74) is 2.52. The van der Waals surface area contributed by atoms with E-state index >= 15 is 0 Å². The normalized spacial score (nSPS) is 12.6. The fraction of sp³-hybridized carbons (Fsp3) is 0.600. The highest BCUT2D eigenvalue weighted by Crippen LogP contribution is 2.14. The Hall–Kier alpha value is -0.910. The van der Waals surface area contributed by atoms with E-state index in [0.29, 0.717) is 13.0 Å². The van der Waals surface area contributed by atoms with Gasteiger partial charge >= 0.3 is 0 Å². The fourth-order valence-corrected chi connectivity index (χ4v) is 2.49. The van der Waals surface area contributed by atoms with Gasteiger partial charge in [-0.05, 0) is 52.1 Å². The van der Waals surface area contributed by atoms with E-state index in [1.807, 2.05) is 0 Å². The van der Waals surface area contributed by atoms with Crippen molar-refractivity contribution in [3.63, 3.8) is 0 Å². The molecule has 2 N–H and O–H groups in total. The summed E-state index contributed by atoms with van der Waals surface area (Å²) in [5.74, 6) is -0.186. The molecular weight excluding hydrogens is 274 g/mol. The molecule has 0 aliphatic carbocycles. The molecule has 0 heterocycles. The lowest BCUT2D eigenvalue weighted by molar-refractivity contribution is 0.362. The predicted molar refractivity (Wildman–Crippen MR) is 82.6 cm³/mol. The Morgan fingerprint density at radius 1 is 1.20 bits per heavy atom. The van der Waals surface area contributed by atoms with Crippen LogP contribution in [-0.2, 0) is 16.5 Å². The van der Waals surface area contributed by atoms with Crippen molar-refractivity contribution >= 4 is 10.1 Å². The van der Waals surface area contributed by atoms with Crippen LogP contribution in [0.15, 0.2) is 24.3 Å². The number of hydrogen-bond acceptors (Lipinski definition) is 3. The molecule has 1 aromatic rings. The van der Waals surface area contributed by atoms with Crippen LogP contribution in [0.4, 0.5) is 0 Å². The van der Waals surface area contributed by atoms with Crippen molar-refractivity contribution in [2.75, 3.05) is 12.3 Å². The highest BCUT2D eigenvalue weighted by atomic mass is 32.2. The van der Waals surface area contributed by atoms with E-state index in [-0.39, 0.29) is 11.3 Å². The molecule has 0 aromatic heterocycles. The fourth-order valence-electron chi connectivity index (χ4n) is 1.98. The Kier molecular flexibility index (Phi) is 6.17. The van der Waals surface area contributed by atoms with Crippen molar-refractivity contribution in [3.8, 4) is 0 Å². The standard InChI is InChI=1S/C15H25NO3S/c1-13-5-7-14(8-6-13)9-10-15(2,3)16-11-4-12-20(17,18)19/h5-8,16H,4,9-12H2,1-3H3,(H,17,18,19). The summed E-state index contributed by atoms with van der Waals surface area (Å²) in [5, 5.41) is 3.34. The quantitative estimate of drug-likeness (QED) is 0.572. The molecule has 0 amide bonds. The van der Waals surface area contributed by atoms with E-state index in [1.54, 1.807) is 0 Å². The van der Waals surface area contributed by atoms with Gasteiger partial charge in [0.05, 0.1) is 5.75 Å². The maximum atomic E-state index is 10.6. The monoisotopic (exact) mass is 299 g/mol. The molecule has 114 valence electrons. The Balaban J connectivity index is 2.32. The Labute approximate surface area is 122 Å². The molecule has 0 spiro atoms. The molecule has 1 aromatic carbocycles. The summed E-state index contributed by atoms with van der Waals surface area (Å²) in [6, 6.07) is 8.51. The Morgan fingerprint density at radius 3 is 2.35 bits per heavy atom. The minimum absolute atomic E-state index is 0.0515. The van der Waals surface area contributed by atoms with Crippen LogP contribution in [0, 0.1) is 6.92 Å². The molecule has 0 saturated carbocycles. The van der Waals surface area contributed by atoms with Crippen molar-refractivity contribution in [2.45, 2.75) is 45.6 Å². The number of aryl methyl sites for hydroxylation is 2. The van der Waals surface area contributed by atoms with Crippen molar-refractivity contribution in [1.29, 1.82) is 0 Å². The molecule has 0 fully saturated rings. The smallest absolute Gasteiger partial charge is 0.264 e. The topological polar surface area (TPSA) is 66.4 Å². The summed E-state index contributed by atoms with van der Waals surface area (Å²) in [4.78, 5) is 0. The molecule has 0 bridgehead atoms. The zero-order valence-corrected chi connectivity index (χ0v) is 13.3. The van der Waals surface area contributed by atoms with E-state index in [2.05, 4.69) is 50.4 Å². The Bertz CT molecular complexity index is 506. The highest BCUT2D eigenvalue weighted by Gasteiger charge is 2.16. The minimum atomic E-state index is -3.84. The first-order valence-electron chi connectivity index (χ1n) is 6.94. The lowest BCUT2D eigenvalue weighted by Crippen LogP contribution is -2.40. The van der Waals surface area contributed by atoms with Gasteiger partial charge in [0.1, 0.15) is 0 Å². The molecule has 0 saturated heterocycles. The Morgan fingerprint density at radius 2 is 1.80 bits per heavy atom. The van der Waals surface area contributed by atoms with E-state index in [4.69, 9.17) is 4.55 Å². The molecule has 0 aliphatic rings. The van der Waals surface area contributed by atoms with Crippen molar-refractivity contribution in [3.05, 3.63) is 35.4 Å². The third-order valence-corrected chi connectivity index (χ3v) is 4.15. The zero-order valence-electron chi connectivity index (χ0n) is 12.5. The van der Waals surface area contributed by atoms with Crippen LogP contribution in [0.3, 0.4) is 0 Å². The van der Waals surface area contributed by atoms with Gasteiger partial charge < -0.3 is 5.32 Å². The second kappa shape index (κ2) is 7.20. The van der Waals surface area contributed by atoms with Crippen LogP contribution in [-0.4, -0.2) is 30.8 Å². The maximum absolute atomic E-state index is 10.6. The van der Waals surface area contributed by atoms with Crippen LogP contribution in [0.25, 0.3) is 0 Å². The van der Waals surface area contributed by atoms with Crippen LogP contribution >= 0.6 is 0 Å². The molecule has 0 atom stereocenters. The molecule has 4 nitrogen and oxygen atoms in total. The second-order valence-corrected chi connectivity index (χ2v) is 7.51. The summed E-state index contributed by atoms with van der Waals surface area (Å²) < 4.78 is 29.9. The minimum Gasteiger partial charge on any atom is -0.312 e. The summed E-state index contributed by atoms with van der Waals surface area (Å²) in [6.45, 7) is 6.87. The first-order valence-corrected chi connectivity index (χ1v) is 8.55. The van der Waals surface area contributed by atoms with Gasteiger partial charge in [-0.1, -0.05) is 29.8 Å². The van der Waals surface area contributed by atoms with Crippen molar-refractivity contribution in [2.24, 2.45) is 0 Å². The number of hydrogen-bond donors (Lipinski definition) is 2. The lowest BCUT2D eigenvalue weighted by atomic mass is 9.95. The molecular formula is C15H25NO3S. The molecule has 0 unspecified atom stereocenters. The summed E-state index contributed by atoms with van der Waals surface area (Å²) in [6.07, 6.45) is 2.38. The van der Waals surface area contributed by atoms with E-state index in [1.165, 1.54) is 11.1 Å². The molecule has 0 radical (unpaired) electrons. The molecule has 0 aliphatic heterocycles. The largest absolute Gasteiger partial charge is 0.312 e. The van der Waals surface area contributed by atoms with Gasteiger partial charge in [0, 0.05) is 5.54 Å². The van der Waals surface area contributed by atoms with Gasteiger partial charge in [0.25, 0.3) is 10.1 Å². The summed E-state index contributed by atoms with van der Waals surface area (Å²) in [7, 11) is -3.84. The lowest BCUT2D eigenvalue weighted by Gasteiger charge is -2.26. The number of rotatable bonds is 8. The SMILES string of the molecule is Cc1ccc(CCC(C)(C)NCCCS(=O)(=O)O)cc1. The van der Waals surface area contributed by atoms with Crippen LogP contribution < -0.4 is 5.32 Å². The van der Waals surface area contributed by atoms with Crippen molar-refractivity contribution < 1.29 is 13.0 Å². The van der Waals surface area contributed by atoms with Crippen molar-refractivity contribution in [1.82, 2.24) is 5.32 Å².